The molecule has 0 unspecified atom stereocenters. The summed E-state index contributed by atoms with van der Waals surface area (Å²) in [5.74, 6) is -5.31. The highest BCUT2D eigenvalue weighted by Crippen LogP contribution is 2.47. The van der Waals surface area contributed by atoms with Crippen LogP contribution < -0.4 is 10.2 Å². The third-order valence-electron chi connectivity index (χ3n) is 8.19. The Kier molecular flexibility index (Phi) is 10.3. The SMILES string of the molecule is COc1ccc([C@@H]2[C@H](C(=O)OCc3ccccc3)/C(=N/NC(=O)c3ccccc3O)C[C@@](C)(O)[C@H]2C(=O)OCc2ccccc2)cc1. The first kappa shape index (κ1) is 32.9. The zero-order chi connectivity index (χ0) is 33.4. The van der Waals surface area contributed by atoms with Crippen LogP contribution in [0.2, 0.25) is 0 Å². The maximum Gasteiger partial charge on any atom is 0.315 e. The molecule has 242 valence electrons. The van der Waals surface area contributed by atoms with Crippen LogP contribution in [0.1, 0.15) is 46.3 Å². The molecule has 0 saturated heterocycles. The van der Waals surface area contributed by atoms with Crippen molar-refractivity contribution in [2.24, 2.45) is 16.9 Å². The summed E-state index contributed by atoms with van der Waals surface area (Å²) in [7, 11) is 1.52. The average Bonchev–Trinajstić information content (AvgIpc) is 3.09. The molecule has 5 rings (SSSR count). The molecule has 10 heteroatoms. The van der Waals surface area contributed by atoms with Gasteiger partial charge in [0.25, 0.3) is 5.91 Å². The van der Waals surface area contributed by atoms with Gasteiger partial charge in [-0.2, -0.15) is 5.10 Å². The van der Waals surface area contributed by atoms with Crippen molar-refractivity contribution >= 4 is 23.6 Å². The van der Waals surface area contributed by atoms with Gasteiger partial charge in [-0.15, -0.1) is 0 Å². The molecule has 4 aromatic carbocycles. The number of hydrogen-bond acceptors (Lipinski definition) is 9. The van der Waals surface area contributed by atoms with Crippen LogP contribution in [0.15, 0.2) is 114 Å². The lowest BCUT2D eigenvalue weighted by atomic mass is 9.61. The highest BCUT2D eigenvalue weighted by molar-refractivity contribution is 6.06. The second-order valence-corrected chi connectivity index (χ2v) is 11.5. The molecule has 0 aromatic heterocycles. The predicted octanol–water partition coefficient (Wildman–Crippen LogP) is 5.14. The molecular formula is C37H36N2O8. The van der Waals surface area contributed by atoms with Crippen LogP contribution in [0.3, 0.4) is 0 Å². The summed E-state index contributed by atoms with van der Waals surface area (Å²) in [6, 6.07) is 31.0. The Morgan fingerprint density at radius 1 is 0.809 bits per heavy atom. The second kappa shape index (κ2) is 14.7. The molecule has 0 heterocycles. The first-order valence-electron chi connectivity index (χ1n) is 15.1. The summed E-state index contributed by atoms with van der Waals surface area (Å²) in [5.41, 5.74) is 2.73. The molecule has 10 nitrogen and oxygen atoms in total. The fourth-order valence-corrected chi connectivity index (χ4v) is 5.86. The Hall–Kier alpha value is -5.48. The molecule has 1 aliphatic rings. The van der Waals surface area contributed by atoms with E-state index in [2.05, 4.69) is 10.5 Å². The van der Waals surface area contributed by atoms with E-state index in [4.69, 9.17) is 14.2 Å². The monoisotopic (exact) mass is 636 g/mol. The molecule has 0 bridgehead atoms. The molecular weight excluding hydrogens is 600 g/mol. The summed E-state index contributed by atoms with van der Waals surface area (Å²) in [6.07, 6.45) is -0.267. The standard InChI is InChI=1S/C37H36N2O8/c1-37(44)21-29(38-39-34(41)28-15-9-10-16-30(28)40)32(35(42)46-22-24-11-5-3-6-12-24)31(26-17-19-27(45-2)20-18-26)33(37)36(43)47-23-25-13-7-4-8-14-25/h3-20,31-33,40,44H,21-23H2,1-2H3,(H,39,41)/b38-29+/t31-,32-,33-,37-/m1/s1. The van der Waals surface area contributed by atoms with E-state index < -0.39 is 41.2 Å². The quantitative estimate of drug-likeness (QED) is 0.160. The van der Waals surface area contributed by atoms with Gasteiger partial charge in [0.15, 0.2) is 0 Å². The lowest BCUT2D eigenvalue weighted by Crippen LogP contribution is -2.55. The smallest absolute Gasteiger partial charge is 0.315 e. The summed E-state index contributed by atoms with van der Waals surface area (Å²) in [6.45, 7) is 1.38. The number of carbonyl (C=O) groups is 3. The molecule has 1 fully saturated rings. The van der Waals surface area contributed by atoms with Crippen molar-refractivity contribution in [2.45, 2.75) is 38.1 Å². The number of amides is 1. The Balaban J connectivity index is 1.56. The third kappa shape index (κ3) is 7.85. The molecule has 4 aromatic rings. The number of aliphatic hydroxyl groups is 1. The third-order valence-corrected chi connectivity index (χ3v) is 8.19. The Morgan fingerprint density at radius 2 is 1.36 bits per heavy atom. The van der Waals surface area contributed by atoms with Crippen LogP contribution in [-0.4, -0.2) is 46.5 Å². The number of para-hydroxylation sites is 1. The maximum absolute atomic E-state index is 14.1. The normalized spacial score (nSPS) is 21.4. The number of methoxy groups -OCH3 is 1. The molecule has 1 aliphatic carbocycles. The van der Waals surface area contributed by atoms with Crippen molar-refractivity contribution in [3.63, 3.8) is 0 Å². The second-order valence-electron chi connectivity index (χ2n) is 11.5. The van der Waals surface area contributed by atoms with E-state index in [9.17, 15) is 24.6 Å². The highest BCUT2D eigenvalue weighted by atomic mass is 16.5. The van der Waals surface area contributed by atoms with Crippen LogP contribution in [0.25, 0.3) is 0 Å². The van der Waals surface area contributed by atoms with Gasteiger partial charge in [-0.25, -0.2) is 5.43 Å². The molecule has 47 heavy (non-hydrogen) atoms. The fourth-order valence-electron chi connectivity index (χ4n) is 5.86. The Morgan fingerprint density at radius 3 is 1.94 bits per heavy atom. The maximum atomic E-state index is 14.1. The van der Waals surface area contributed by atoms with E-state index in [1.54, 1.807) is 36.4 Å². The lowest BCUT2D eigenvalue weighted by molar-refractivity contribution is -0.165. The van der Waals surface area contributed by atoms with E-state index in [1.807, 2.05) is 60.7 Å². The number of carbonyl (C=O) groups excluding carboxylic acids is 3. The number of ether oxygens (including phenoxy) is 3. The van der Waals surface area contributed by atoms with E-state index >= 15 is 0 Å². The van der Waals surface area contributed by atoms with Crippen molar-refractivity contribution in [2.75, 3.05) is 7.11 Å². The van der Waals surface area contributed by atoms with Gasteiger partial charge in [0.1, 0.15) is 30.6 Å². The minimum absolute atomic E-state index is 0.0308. The van der Waals surface area contributed by atoms with Gasteiger partial charge in [0, 0.05) is 12.3 Å². The van der Waals surface area contributed by atoms with Gasteiger partial charge in [0.05, 0.1) is 29.9 Å². The number of esters is 2. The zero-order valence-corrected chi connectivity index (χ0v) is 26.0. The minimum Gasteiger partial charge on any atom is -0.507 e. The summed E-state index contributed by atoms with van der Waals surface area (Å²) in [4.78, 5) is 41.1. The summed E-state index contributed by atoms with van der Waals surface area (Å²) < 4.78 is 16.9. The van der Waals surface area contributed by atoms with Crippen LogP contribution in [0.5, 0.6) is 11.5 Å². The van der Waals surface area contributed by atoms with Crippen molar-refractivity contribution < 1.29 is 38.8 Å². The molecule has 1 amide bonds. The van der Waals surface area contributed by atoms with Crippen LogP contribution in [-0.2, 0) is 32.3 Å². The molecule has 3 N–H and O–H groups in total. The Labute approximate surface area is 272 Å². The number of rotatable bonds is 10. The minimum atomic E-state index is -1.77. The van der Waals surface area contributed by atoms with Crippen LogP contribution in [0, 0.1) is 11.8 Å². The molecule has 0 radical (unpaired) electrons. The van der Waals surface area contributed by atoms with E-state index in [-0.39, 0.29) is 36.7 Å². The van der Waals surface area contributed by atoms with E-state index in [1.165, 1.54) is 26.2 Å². The van der Waals surface area contributed by atoms with Crippen molar-refractivity contribution in [3.8, 4) is 11.5 Å². The van der Waals surface area contributed by atoms with Crippen molar-refractivity contribution in [1.29, 1.82) is 0 Å². The first-order valence-corrected chi connectivity index (χ1v) is 15.1. The molecule has 0 aliphatic heterocycles. The number of hydrazone groups is 1. The van der Waals surface area contributed by atoms with Gasteiger partial charge >= 0.3 is 11.9 Å². The van der Waals surface area contributed by atoms with Crippen LogP contribution >= 0.6 is 0 Å². The van der Waals surface area contributed by atoms with Crippen molar-refractivity contribution in [1.82, 2.24) is 5.43 Å². The number of benzene rings is 4. The van der Waals surface area contributed by atoms with Gasteiger partial charge in [-0.05, 0) is 47.9 Å². The number of aromatic hydroxyl groups is 1. The van der Waals surface area contributed by atoms with E-state index in [0.29, 0.717) is 11.3 Å². The number of phenolic OH excluding ortho intramolecular Hbond substituents is 1. The lowest BCUT2D eigenvalue weighted by Gasteiger charge is -2.45. The van der Waals surface area contributed by atoms with Gasteiger partial charge in [-0.3, -0.25) is 14.4 Å². The Bertz CT molecular complexity index is 1720. The summed E-state index contributed by atoms with van der Waals surface area (Å²) in [5, 5.41) is 26.4. The van der Waals surface area contributed by atoms with Gasteiger partial charge in [0.2, 0.25) is 0 Å². The number of hydrogen-bond donors (Lipinski definition) is 3. The van der Waals surface area contributed by atoms with Gasteiger partial charge < -0.3 is 24.4 Å². The molecule has 1 saturated carbocycles. The number of nitrogens with zero attached hydrogens (tertiary/aromatic N) is 1. The zero-order valence-electron chi connectivity index (χ0n) is 26.0. The average molecular weight is 637 g/mol. The fraction of sp³-hybridized carbons (Fsp3) is 0.243. The summed E-state index contributed by atoms with van der Waals surface area (Å²) >= 11 is 0. The first-order chi connectivity index (χ1) is 22.7. The van der Waals surface area contributed by atoms with Crippen LogP contribution in [0.4, 0.5) is 0 Å². The van der Waals surface area contributed by atoms with Gasteiger partial charge in [-0.1, -0.05) is 84.9 Å². The van der Waals surface area contributed by atoms with E-state index in [0.717, 1.165) is 11.1 Å². The number of nitrogens with one attached hydrogen (secondary N) is 1. The molecule has 0 spiro atoms. The highest BCUT2D eigenvalue weighted by Gasteiger charge is 2.56. The van der Waals surface area contributed by atoms with Crippen molar-refractivity contribution in [3.05, 3.63) is 131 Å². The molecule has 4 atom stereocenters. The predicted molar refractivity (Wildman–Crippen MR) is 173 cm³/mol. The largest absolute Gasteiger partial charge is 0.507 e. The number of phenols is 1. The topological polar surface area (TPSA) is 144 Å².